The molecule has 2 rings (SSSR count). The van der Waals surface area contributed by atoms with Crippen molar-refractivity contribution >= 4 is 15.9 Å². The Morgan fingerprint density at radius 1 is 1.00 bits per heavy atom. The number of benzene rings is 2. The predicted molar refractivity (Wildman–Crippen MR) is 79.4 cm³/mol. The van der Waals surface area contributed by atoms with Gasteiger partial charge in [0.25, 0.3) is 5.84 Å². The van der Waals surface area contributed by atoms with Crippen LogP contribution in [-0.2, 0) is 10.0 Å². The van der Waals surface area contributed by atoms with Gasteiger partial charge in [0.1, 0.15) is 10.7 Å². The quantitative estimate of drug-likeness (QED) is 0.534. The van der Waals surface area contributed by atoms with Crippen molar-refractivity contribution in [1.82, 2.24) is 4.72 Å². The molecule has 0 aliphatic carbocycles. The number of hydrogen-bond donors (Lipinski definition) is 1. The second kappa shape index (κ2) is 6.05. The first kappa shape index (κ1) is 15.2. The molecule has 6 heteroatoms. The van der Waals surface area contributed by atoms with Crippen LogP contribution in [0.4, 0.5) is 4.39 Å². The van der Waals surface area contributed by atoms with Gasteiger partial charge < -0.3 is 0 Å². The Balaban J connectivity index is 2.39. The summed E-state index contributed by atoms with van der Waals surface area (Å²) in [6.07, 6.45) is 0. The monoisotopic (exact) mass is 307 g/mol. The van der Waals surface area contributed by atoms with E-state index in [1.54, 1.807) is 36.9 Å². The highest BCUT2D eigenvalue weighted by molar-refractivity contribution is 7.90. The number of hydrogen-bond acceptors (Lipinski definition) is 2. The minimum Gasteiger partial charge on any atom is -0.266 e. The van der Waals surface area contributed by atoms with Crippen LogP contribution in [0.1, 0.15) is 5.56 Å². The SMILES string of the molecule is C[N+](C)=C(NS(=O)(=O)c1ccccc1)c1ccc(F)cc1. The van der Waals surface area contributed by atoms with E-state index < -0.39 is 10.0 Å². The Kier molecular flexibility index (Phi) is 4.37. The van der Waals surface area contributed by atoms with Gasteiger partial charge >= 0.3 is 10.0 Å². The van der Waals surface area contributed by atoms with E-state index in [9.17, 15) is 12.8 Å². The molecule has 0 amide bonds. The van der Waals surface area contributed by atoms with E-state index in [1.165, 1.54) is 36.4 Å². The average Bonchev–Trinajstić information content (AvgIpc) is 2.47. The van der Waals surface area contributed by atoms with Gasteiger partial charge in [-0.1, -0.05) is 18.2 Å². The van der Waals surface area contributed by atoms with Crippen LogP contribution in [0.3, 0.4) is 0 Å². The van der Waals surface area contributed by atoms with Crippen LogP contribution >= 0.6 is 0 Å². The fourth-order valence-corrected chi connectivity index (χ4v) is 2.99. The number of amidine groups is 1. The molecule has 2 aromatic carbocycles. The van der Waals surface area contributed by atoms with Crippen molar-refractivity contribution < 1.29 is 17.4 Å². The summed E-state index contributed by atoms with van der Waals surface area (Å²) in [7, 11) is -0.256. The molecule has 0 atom stereocenters. The molecule has 2 aromatic rings. The zero-order valence-electron chi connectivity index (χ0n) is 11.7. The Bertz CT molecular complexity index is 750. The fraction of sp³-hybridized carbons (Fsp3) is 0.133. The zero-order chi connectivity index (χ0) is 15.5. The first-order valence-corrected chi connectivity index (χ1v) is 7.76. The highest BCUT2D eigenvalue weighted by Crippen LogP contribution is 2.09. The maximum atomic E-state index is 13.0. The normalized spacial score (nSPS) is 11.0. The Morgan fingerprint density at radius 2 is 1.57 bits per heavy atom. The summed E-state index contributed by atoms with van der Waals surface area (Å²) in [6, 6.07) is 13.7. The molecule has 0 unspecified atom stereocenters. The lowest BCUT2D eigenvalue weighted by Crippen LogP contribution is -2.36. The molecule has 0 radical (unpaired) electrons. The molecule has 1 N–H and O–H groups in total. The number of sulfonamides is 1. The van der Waals surface area contributed by atoms with Crippen molar-refractivity contribution in [3.05, 3.63) is 66.0 Å². The van der Waals surface area contributed by atoms with Crippen LogP contribution in [0.15, 0.2) is 59.5 Å². The van der Waals surface area contributed by atoms with Gasteiger partial charge in [-0.05, 0) is 36.4 Å². The average molecular weight is 307 g/mol. The van der Waals surface area contributed by atoms with Crippen LogP contribution in [0, 0.1) is 5.82 Å². The van der Waals surface area contributed by atoms with E-state index in [1.807, 2.05) is 0 Å². The summed E-state index contributed by atoms with van der Waals surface area (Å²) in [5.41, 5.74) is 0.584. The molecule has 0 heterocycles. The van der Waals surface area contributed by atoms with Gasteiger partial charge in [-0.25, -0.2) is 4.39 Å². The van der Waals surface area contributed by atoms with Gasteiger partial charge in [0.05, 0.1) is 19.7 Å². The van der Waals surface area contributed by atoms with Gasteiger partial charge in [-0.2, -0.15) is 13.1 Å². The van der Waals surface area contributed by atoms with E-state index in [0.29, 0.717) is 11.4 Å². The third kappa shape index (κ3) is 3.66. The number of nitrogens with zero attached hydrogens (tertiary/aromatic N) is 1. The topological polar surface area (TPSA) is 49.2 Å². The summed E-state index contributed by atoms with van der Waals surface area (Å²) in [5.74, 6) is 0.00151. The predicted octanol–water partition coefficient (Wildman–Crippen LogP) is 1.82. The molecule has 21 heavy (non-hydrogen) atoms. The highest BCUT2D eigenvalue weighted by atomic mass is 32.2. The highest BCUT2D eigenvalue weighted by Gasteiger charge is 2.24. The van der Waals surface area contributed by atoms with E-state index in [4.69, 9.17) is 0 Å². The molecule has 0 saturated heterocycles. The molecule has 0 bridgehead atoms. The summed E-state index contributed by atoms with van der Waals surface area (Å²) in [6.45, 7) is 0. The lowest BCUT2D eigenvalue weighted by molar-refractivity contribution is -0.465. The summed E-state index contributed by atoms with van der Waals surface area (Å²) in [5, 5.41) is 0. The van der Waals surface area contributed by atoms with Crippen molar-refractivity contribution in [1.29, 1.82) is 0 Å². The fourth-order valence-electron chi connectivity index (χ4n) is 1.80. The maximum Gasteiger partial charge on any atom is 0.328 e. The molecule has 0 aliphatic heterocycles. The lowest BCUT2D eigenvalue weighted by atomic mass is 10.2. The molecule has 4 nitrogen and oxygen atoms in total. The molecular formula is C15H16FN2O2S+. The van der Waals surface area contributed by atoms with Gasteiger partial charge in [0.2, 0.25) is 0 Å². The van der Waals surface area contributed by atoms with Crippen molar-refractivity contribution in [3.63, 3.8) is 0 Å². The van der Waals surface area contributed by atoms with Crippen LogP contribution in [0.25, 0.3) is 0 Å². The van der Waals surface area contributed by atoms with Gasteiger partial charge in [0, 0.05) is 0 Å². The third-order valence-corrected chi connectivity index (χ3v) is 4.20. The largest absolute Gasteiger partial charge is 0.328 e. The number of nitrogens with one attached hydrogen (secondary N) is 1. The first-order chi connectivity index (χ1) is 9.90. The van der Waals surface area contributed by atoms with Crippen LogP contribution in [0.2, 0.25) is 0 Å². The summed E-state index contributed by atoms with van der Waals surface area (Å²) >= 11 is 0. The molecule has 0 aromatic heterocycles. The molecule has 110 valence electrons. The third-order valence-electron chi connectivity index (χ3n) is 2.85. The summed E-state index contributed by atoms with van der Waals surface area (Å²) < 4.78 is 41.9. The van der Waals surface area contributed by atoms with Crippen LogP contribution < -0.4 is 4.72 Å². The number of halogens is 1. The second-order valence-corrected chi connectivity index (χ2v) is 6.35. The first-order valence-electron chi connectivity index (χ1n) is 6.28. The van der Waals surface area contributed by atoms with Crippen molar-refractivity contribution in [2.24, 2.45) is 0 Å². The molecular weight excluding hydrogens is 291 g/mol. The minimum absolute atomic E-state index is 0.173. The smallest absolute Gasteiger partial charge is 0.266 e. The molecule has 0 aliphatic rings. The van der Waals surface area contributed by atoms with Gasteiger partial charge in [-0.15, -0.1) is 0 Å². The molecule has 0 fully saturated rings. The Morgan fingerprint density at radius 3 is 2.10 bits per heavy atom. The van der Waals surface area contributed by atoms with E-state index in [-0.39, 0.29) is 10.7 Å². The van der Waals surface area contributed by atoms with Crippen molar-refractivity contribution in [3.8, 4) is 0 Å². The minimum atomic E-state index is -3.69. The zero-order valence-corrected chi connectivity index (χ0v) is 12.6. The van der Waals surface area contributed by atoms with E-state index in [0.717, 1.165) is 0 Å². The van der Waals surface area contributed by atoms with Gasteiger partial charge in [-0.3, -0.25) is 4.58 Å². The maximum absolute atomic E-state index is 13.0. The van der Waals surface area contributed by atoms with E-state index in [2.05, 4.69) is 4.72 Å². The molecule has 0 saturated carbocycles. The molecule has 0 spiro atoms. The van der Waals surface area contributed by atoms with E-state index >= 15 is 0 Å². The van der Waals surface area contributed by atoms with Crippen LogP contribution in [0.5, 0.6) is 0 Å². The van der Waals surface area contributed by atoms with Crippen molar-refractivity contribution in [2.45, 2.75) is 4.90 Å². The van der Waals surface area contributed by atoms with Crippen LogP contribution in [-0.4, -0.2) is 32.9 Å². The number of rotatable bonds is 3. The second-order valence-electron chi connectivity index (χ2n) is 4.67. The lowest BCUT2D eigenvalue weighted by Gasteiger charge is -2.07. The van der Waals surface area contributed by atoms with Gasteiger partial charge in [0.15, 0.2) is 0 Å². The standard InChI is InChI=1S/C15H15FN2O2S/c1-18(2)15(12-8-10-13(16)11-9-12)17-21(19,20)14-6-4-3-5-7-14/h3-11H,1-2H3/p+1. The summed E-state index contributed by atoms with van der Waals surface area (Å²) in [4.78, 5) is 0.173. The Hall–Kier alpha value is -2.21. The Labute approximate surface area is 123 Å². The van der Waals surface area contributed by atoms with Crippen molar-refractivity contribution in [2.75, 3.05) is 14.1 Å².